The fraction of sp³-hybridized carbons (Fsp3) is 0.462. The summed E-state index contributed by atoms with van der Waals surface area (Å²) >= 11 is 0. The molecule has 0 radical (unpaired) electrons. The molecule has 0 saturated heterocycles. The highest BCUT2D eigenvalue weighted by molar-refractivity contribution is 5.95. The zero-order valence-corrected chi connectivity index (χ0v) is 11.3. The molecule has 0 unspecified atom stereocenters. The van der Waals surface area contributed by atoms with Gasteiger partial charge in [-0.2, -0.15) is 0 Å². The van der Waals surface area contributed by atoms with Crippen molar-refractivity contribution >= 4 is 5.91 Å². The maximum atomic E-state index is 11.9. The van der Waals surface area contributed by atoms with E-state index in [2.05, 4.69) is 5.32 Å². The number of nitrogens with two attached hydrogens (primary N) is 1. The van der Waals surface area contributed by atoms with Crippen LogP contribution in [-0.4, -0.2) is 46.4 Å². The second-order valence-electron chi connectivity index (χ2n) is 3.76. The van der Waals surface area contributed by atoms with Crippen molar-refractivity contribution in [1.29, 1.82) is 0 Å². The molecule has 0 saturated carbocycles. The van der Waals surface area contributed by atoms with E-state index in [0.717, 1.165) is 0 Å². The van der Waals surface area contributed by atoms with Crippen LogP contribution in [0.25, 0.3) is 0 Å². The van der Waals surface area contributed by atoms with E-state index in [-0.39, 0.29) is 5.91 Å². The molecule has 0 spiro atoms. The van der Waals surface area contributed by atoms with E-state index in [1.54, 1.807) is 18.2 Å². The van der Waals surface area contributed by atoms with Crippen LogP contribution in [0.5, 0.6) is 11.5 Å². The maximum absolute atomic E-state index is 11.9. The Hall–Kier alpha value is -1.79. The van der Waals surface area contributed by atoms with E-state index in [0.29, 0.717) is 43.4 Å². The monoisotopic (exact) mass is 268 g/mol. The van der Waals surface area contributed by atoms with Crippen LogP contribution in [-0.2, 0) is 4.74 Å². The van der Waals surface area contributed by atoms with E-state index < -0.39 is 0 Å². The minimum absolute atomic E-state index is 0.200. The molecule has 106 valence electrons. The Morgan fingerprint density at radius 2 is 1.79 bits per heavy atom. The van der Waals surface area contributed by atoms with E-state index in [9.17, 15) is 4.79 Å². The first-order valence-corrected chi connectivity index (χ1v) is 6.00. The van der Waals surface area contributed by atoms with Gasteiger partial charge in [0.1, 0.15) is 11.5 Å². The molecule has 0 fully saturated rings. The maximum Gasteiger partial charge on any atom is 0.251 e. The lowest BCUT2D eigenvalue weighted by Crippen LogP contribution is -2.27. The molecule has 1 rings (SSSR count). The summed E-state index contributed by atoms with van der Waals surface area (Å²) in [6.45, 7) is 1.83. The van der Waals surface area contributed by atoms with Gasteiger partial charge in [0.2, 0.25) is 0 Å². The number of carbonyl (C=O) groups is 1. The number of hydrogen-bond donors (Lipinski definition) is 2. The molecule has 1 amide bonds. The van der Waals surface area contributed by atoms with Crippen molar-refractivity contribution in [2.75, 3.05) is 40.5 Å². The molecule has 0 atom stereocenters. The molecule has 3 N–H and O–H groups in total. The van der Waals surface area contributed by atoms with Gasteiger partial charge in [-0.05, 0) is 12.1 Å². The van der Waals surface area contributed by atoms with Crippen LogP contribution >= 0.6 is 0 Å². The summed E-state index contributed by atoms with van der Waals surface area (Å²) in [5.41, 5.74) is 5.77. The van der Waals surface area contributed by atoms with Crippen molar-refractivity contribution in [3.05, 3.63) is 23.8 Å². The lowest BCUT2D eigenvalue weighted by atomic mass is 10.2. The average Bonchev–Trinajstić information content (AvgIpc) is 2.46. The van der Waals surface area contributed by atoms with E-state index in [4.69, 9.17) is 19.9 Å². The minimum atomic E-state index is -0.200. The van der Waals surface area contributed by atoms with Crippen molar-refractivity contribution in [3.63, 3.8) is 0 Å². The molecule has 6 heteroatoms. The quantitative estimate of drug-likeness (QED) is 0.667. The van der Waals surface area contributed by atoms with Crippen LogP contribution in [0.15, 0.2) is 18.2 Å². The summed E-state index contributed by atoms with van der Waals surface area (Å²) < 4.78 is 15.4. The van der Waals surface area contributed by atoms with E-state index in [1.165, 1.54) is 14.2 Å². The van der Waals surface area contributed by atoms with Crippen molar-refractivity contribution in [2.24, 2.45) is 5.73 Å². The Morgan fingerprint density at radius 1 is 1.16 bits per heavy atom. The normalized spacial score (nSPS) is 10.1. The molecule has 19 heavy (non-hydrogen) atoms. The molecule has 0 heterocycles. The molecule has 6 nitrogen and oxygen atoms in total. The average molecular weight is 268 g/mol. The summed E-state index contributed by atoms with van der Waals surface area (Å²) in [6.07, 6.45) is 0. The zero-order chi connectivity index (χ0) is 14.1. The second kappa shape index (κ2) is 8.34. The number of amides is 1. The van der Waals surface area contributed by atoms with Crippen LogP contribution in [0.1, 0.15) is 10.4 Å². The Labute approximate surface area is 112 Å². The van der Waals surface area contributed by atoms with Gasteiger partial charge in [0.15, 0.2) is 0 Å². The first-order chi connectivity index (χ1) is 9.21. The van der Waals surface area contributed by atoms with Crippen LogP contribution < -0.4 is 20.5 Å². The Morgan fingerprint density at radius 3 is 2.32 bits per heavy atom. The predicted octanol–water partition coefficient (Wildman–Crippen LogP) is 0.409. The second-order valence-corrected chi connectivity index (χ2v) is 3.76. The van der Waals surface area contributed by atoms with Gasteiger partial charge in [-0.25, -0.2) is 0 Å². The highest BCUT2D eigenvalue weighted by Crippen LogP contribution is 2.22. The number of ether oxygens (including phenoxy) is 3. The van der Waals surface area contributed by atoms with Gasteiger partial charge in [-0.1, -0.05) is 0 Å². The molecular formula is C13H20N2O4. The molecule has 1 aromatic rings. The number of benzene rings is 1. The third-order valence-corrected chi connectivity index (χ3v) is 2.41. The van der Waals surface area contributed by atoms with Crippen LogP contribution in [0, 0.1) is 0 Å². The zero-order valence-electron chi connectivity index (χ0n) is 11.3. The van der Waals surface area contributed by atoms with Crippen molar-refractivity contribution in [1.82, 2.24) is 5.32 Å². The van der Waals surface area contributed by atoms with Gasteiger partial charge >= 0.3 is 0 Å². The van der Waals surface area contributed by atoms with Gasteiger partial charge in [-0.15, -0.1) is 0 Å². The summed E-state index contributed by atoms with van der Waals surface area (Å²) in [4.78, 5) is 11.9. The molecule has 1 aromatic carbocycles. The predicted molar refractivity (Wildman–Crippen MR) is 71.8 cm³/mol. The molecule has 0 aromatic heterocycles. The summed E-state index contributed by atoms with van der Waals surface area (Å²) in [5.74, 6) is 0.946. The standard InChI is InChI=1S/C13H20N2O4/c1-17-11-7-10(8-12(9-11)18-2)13(16)15-4-6-19-5-3-14/h7-9H,3-6,14H2,1-2H3,(H,15,16). The SMILES string of the molecule is COc1cc(OC)cc(C(=O)NCCOCCN)c1. The topological polar surface area (TPSA) is 82.8 Å². The van der Waals surface area contributed by atoms with Gasteiger partial charge in [-0.3, -0.25) is 4.79 Å². The summed E-state index contributed by atoms with van der Waals surface area (Å²) in [7, 11) is 3.08. The first kappa shape index (κ1) is 15.3. The number of rotatable bonds is 8. The largest absolute Gasteiger partial charge is 0.497 e. The van der Waals surface area contributed by atoms with Gasteiger partial charge in [0, 0.05) is 24.7 Å². The fourth-order valence-corrected chi connectivity index (χ4v) is 1.46. The highest BCUT2D eigenvalue weighted by Gasteiger charge is 2.09. The Kier molecular flexibility index (Phi) is 6.70. The molecule has 0 aliphatic carbocycles. The number of hydrogen-bond acceptors (Lipinski definition) is 5. The first-order valence-electron chi connectivity index (χ1n) is 6.00. The third kappa shape index (κ3) is 5.15. The highest BCUT2D eigenvalue weighted by atomic mass is 16.5. The van der Waals surface area contributed by atoms with E-state index >= 15 is 0 Å². The smallest absolute Gasteiger partial charge is 0.251 e. The van der Waals surface area contributed by atoms with Crippen molar-refractivity contribution in [3.8, 4) is 11.5 Å². The Bertz CT molecular complexity index is 387. The summed E-state index contributed by atoms with van der Waals surface area (Å²) in [5, 5.41) is 2.74. The van der Waals surface area contributed by atoms with Crippen LogP contribution in [0.3, 0.4) is 0 Å². The molecule has 0 bridgehead atoms. The molecule has 0 aliphatic rings. The summed E-state index contributed by atoms with van der Waals surface area (Å²) in [6, 6.07) is 5.01. The Balaban J connectivity index is 2.55. The number of methoxy groups -OCH3 is 2. The fourth-order valence-electron chi connectivity index (χ4n) is 1.46. The van der Waals surface area contributed by atoms with Crippen LogP contribution in [0.4, 0.5) is 0 Å². The van der Waals surface area contributed by atoms with Gasteiger partial charge < -0.3 is 25.3 Å². The van der Waals surface area contributed by atoms with Crippen molar-refractivity contribution in [2.45, 2.75) is 0 Å². The molecular weight excluding hydrogens is 248 g/mol. The minimum Gasteiger partial charge on any atom is -0.497 e. The van der Waals surface area contributed by atoms with Crippen LogP contribution in [0.2, 0.25) is 0 Å². The van der Waals surface area contributed by atoms with Gasteiger partial charge in [0.25, 0.3) is 5.91 Å². The van der Waals surface area contributed by atoms with Gasteiger partial charge in [0.05, 0.1) is 27.4 Å². The molecule has 0 aliphatic heterocycles. The number of nitrogens with one attached hydrogen (secondary N) is 1. The lowest BCUT2D eigenvalue weighted by Gasteiger charge is -2.09. The third-order valence-electron chi connectivity index (χ3n) is 2.41. The van der Waals surface area contributed by atoms with Crippen molar-refractivity contribution < 1.29 is 19.0 Å². The lowest BCUT2D eigenvalue weighted by molar-refractivity contribution is 0.0919. The number of carbonyl (C=O) groups excluding carboxylic acids is 1. The van der Waals surface area contributed by atoms with E-state index in [1.807, 2.05) is 0 Å².